The predicted octanol–water partition coefficient (Wildman–Crippen LogP) is 2.87. The molecule has 1 N–H and O–H groups in total. The van der Waals surface area contributed by atoms with E-state index in [-0.39, 0.29) is 10.8 Å². The molecular weight excluding hydrogens is 242 g/mol. The zero-order chi connectivity index (χ0) is 13.3. The fourth-order valence-corrected chi connectivity index (χ4v) is 2.91. The van der Waals surface area contributed by atoms with Crippen LogP contribution in [0.3, 0.4) is 0 Å². The van der Waals surface area contributed by atoms with Gasteiger partial charge in [0.1, 0.15) is 5.71 Å². The summed E-state index contributed by atoms with van der Waals surface area (Å²) < 4.78 is 10.7. The summed E-state index contributed by atoms with van der Waals surface area (Å²) in [6.07, 6.45) is 1.40. The second-order valence-corrected chi connectivity index (χ2v) is 6.12. The van der Waals surface area contributed by atoms with Crippen LogP contribution >= 0.6 is 11.6 Å². The summed E-state index contributed by atoms with van der Waals surface area (Å²) in [5, 5.41) is 12.1. The Kier molecular flexibility index (Phi) is 4.44. The Hall–Kier alpha value is -0.320. The normalized spacial score (nSPS) is 31.8. The van der Waals surface area contributed by atoms with Crippen LogP contribution in [-0.4, -0.2) is 36.3 Å². The molecule has 4 nitrogen and oxygen atoms in total. The molecule has 2 atom stereocenters. The molecule has 1 aliphatic rings. The second kappa shape index (κ2) is 5.12. The molecular formula is C12H22ClNO3. The standard InChI is InChI=1S/C12H22ClNO3/c1-11(2,3)8-6-9(13)12(16-4,17-5)10(7-8)14-15/h8-9,15H,6-7H2,1-5H3. The predicted molar refractivity (Wildman–Crippen MR) is 67.8 cm³/mol. The van der Waals surface area contributed by atoms with Gasteiger partial charge in [-0.05, 0) is 24.2 Å². The molecule has 0 heterocycles. The SMILES string of the molecule is COC1(OC)C(=NO)CC(C(C)(C)C)CC1Cl. The fourth-order valence-electron chi connectivity index (χ4n) is 2.39. The molecule has 1 saturated carbocycles. The van der Waals surface area contributed by atoms with Crippen molar-refractivity contribution in [1.82, 2.24) is 0 Å². The molecule has 0 saturated heterocycles. The fraction of sp³-hybridized carbons (Fsp3) is 0.917. The van der Waals surface area contributed by atoms with E-state index in [9.17, 15) is 0 Å². The topological polar surface area (TPSA) is 51.0 Å². The number of hydrogen-bond acceptors (Lipinski definition) is 4. The van der Waals surface area contributed by atoms with Gasteiger partial charge in [-0.2, -0.15) is 0 Å². The quantitative estimate of drug-likeness (QED) is 0.361. The second-order valence-electron chi connectivity index (χ2n) is 5.59. The molecule has 1 aliphatic carbocycles. The molecule has 0 aromatic heterocycles. The van der Waals surface area contributed by atoms with Crippen molar-refractivity contribution in [2.75, 3.05) is 14.2 Å². The number of alkyl halides is 1. The molecule has 0 aliphatic heterocycles. The summed E-state index contributed by atoms with van der Waals surface area (Å²) >= 11 is 6.37. The van der Waals surface area contributed by atoms with Gasteiger partial charge in [0.15, 0.2) is 0 Å². The molecule has 100 valence electrons. The zero-order valence-electron chi connectivity index (χ0n) is 11.2. The first kappa shape index (κ1) is 14.7. The van der Waals surface area contributed by atoms with E-state index in [1.54, 1.807) is 0 Å². The van der Waals surface area contributed by atoms with Crippen LogP contribution < -0.4 is 0 Å². The molecule has 1 rings (SSSR count). The van der Waals surface area contributed by atoms with Crippen LogP contribution in [0.15, 0.2) is 5.16 Å². The third-order valence-electron chi connectivity index (χ3n) is 3.70. The highest BCUT2D eigenvalue weighted by Crippen LogP contribution is 2.43. The third-order valence-corrected chi connectivity index (χ3v) is 4.16. The highest BCUT2D eigenvalue weighted by atomic mass is 35.5. The van der Waals surface area contributed by atoms with Crippen LogP contribution in [0.1, 0.15) is 33.6 Å². The minimum atomic E-state index is -1.10. The van der Waals surface area contributed by atoms with E-state index >= 15 is 0 Å². The van der Waals surface area contributed by atoms with E-state index in [0.29, 0.717) is 18.1 Å². The van der Waals surface area contributed by atoms with Gasteiger partial charge in [-0.1, -0.05) is 25.9 Å². The highest BCUT2D eigenvalue weighted by molar-refractivity contribution is 6.24. The van der Waals surface area contributed by atoms with Gasteiger partial charge in [-0.15, -0.1) is 11.6 Å². The lowest BCUT2D eigenvalue weighted by atomic mass is 9.70. The average molecular weight is 264 g/mol. The number of ether oxygens (including phenoxy) is 2. The van der Waals surface area contributed by atoms with Crippen LogP contribution in [0.5, 0.6) is 0 Å². The number of halogens is 1. The van der Waals surface area contributed by atoms with Gasteiger partial charge in [-0.3, -0.25) is 0 Å². The Labute approximate surface area is 108 Å². The first-order valence-electron chi connectivity index (χ1n) is 5.77. The van der Waals surface area contributed by atoms with Gasteiger partial charge in [0.25, 0.3) is 0 Å². The molecule has 17 heavy (non-hydrogen) atoms. The summed E-state index contributed by atoms with van der Waals surface area (Å²) in [4.78, 5) is 0. The van der Waals surface area contributed by atoms with Crippen molar-refractivity contribution >= 4 is 17.3 Å². The molecule has 1 fully saturated rings. The van der Waals surface area contributed by atoms with Gasteiger partial charge >= 0.3 is 0 Å². The summed E-state index contributed by atoms with van der Waals surface area (Å²) in [5.74, 6) is -0.757. The molecule has 5 heteroatoms. The number of hydrogen-bond donors (Lipinski definition) is 1. The Morgan fingerprint density at radius 1 is 1.35 bits per heavy atom. The summed E-state index contributed by atoms with van der Waals surface area (Å²) in [5.41, 5.74) is 0.574. The van der Waals surface area contributed by atoms with E-state index in [0.717, 1.165) is 6.42 Å². The number of methoxy groups -OCH3 is 2. The Bertz CT molecular complexity index is 295. The molecule has 0 radical (unpaired) electrons. The lowest BCUT2D eigenvalue weighted by Crippen LogP contribution is -2.56. The minimum absolute atomic E-state index is 0.108. The highest BCUT2D eigenvalue weighted by Gasteiger charge is 2.51. The van der Waals surface area contributed by atoms with Crippen molar-refractivity contribution in [3.63, 3.8) is 0 Å². The lowest BCUT2D eigenvalue weighted by molar-refractivity contribution is -0.166. The molecule has 0 bridgehead atoms. The summed E-state index contributed by atoms with van der Waals surface area (Å²) in [6, 6.07) is 0. The van der Waals surface area contributed by atoms with Crippen LogP contribution in [0, 0.1) is 11.3 Å². The first-order chi connectivity index (χ1) is 7.81. The van der Waals surface area contributed by atoms with Gasteiger partial charge in [0, 0.05) is 14.2 Å². The maximum absolute atomic E-state index is 9.16. The maximum atomic E-state index is 9.16. The van der Waals surface area contributed by atoms with Crippen molar-refractivity contribution in [2.45, 2.75) is 44.8 Å². The maximum Gasteiger partial charge on any atom is 0.228 e. The average Bonchev–Trinajstić information content (AvgIpc) is 2.27. The number of rotatable bonds is 2. The lowest BCUT2D eigenvalue weighted by Gasteiger charge is -2.45. The Morgan fingerprint density at radius 2 is 1.88 bits per heavy atom. The summed E-state index contributed by atoms with van der Waals surface area (Å²) in [7, 11) is 3.03. The third kappa shape index (κ3) is 2.59. The van der Waals surface area contributed by atoms with E-state index in [2.05, 4.69) is 25.9 Å². The van der Waals surface area contributed by atoms with Crippen molar-refractivity contribution in [3.05, 3.63) is 0 Å². The van der Waals surface area contributed by atoms with E-state index in [1.165, 1.54) is 14.2 Å². The monoisotopic (exact) mass is 263 g/mol. The van der Waals surface area contributed by atoms with Crippen LogP contribution in [0.25, 0.3) is 0 Å². The first-order valence-corrected chi connectivity index (χ1v) is 6.21. The molecule has 0 aromatic rings. The van der Waals surface area contributed by atoms with Crippen molar-refractivity contribution in [3.8, 4) is 0 Å². The molecule has 0 aromatic carbocycles. The van der Waals surface area contributed by atoms with Crippen LogP contribution in [-0.2, 0) is 9.47 Å². The van der Waals surface area contributed by atoms with Crippen LogP contribution in [0.4, 0.5) is 0 Å². The van der Waals surface area contributed by atoms with Crippen molar-refractivity contribution in [1.29, 1.82) is 0 Å². The molecule has 2 unspecified atom stereocenters. The van der Waals surface area contributed by atoms with E-state index in [1.807, 2.05) is 0 Å². The Morgan fingerprint density at radius 3 is 2.24 bits per heavy atom. The molecule has 0 spiro atoms. The Balaban J connectivity index is 3.04. The van der Waals surface area contributed by atoms with Crippen LogP contribution in [0.2, 0.25) is 0 Å². The zero-order valence-corrected chi connectivity index (χ0v) is 11.9. The van der Waals surface area contributed by atoms with Gasteiger partial charge in [0.05, 0.1) is 5.38 Å². The minimum Gasteiger partial charge on any atom is -0.411 e. The van der Waals surface area contributed by atoms with Gasteiger partial charge in [-0.25, -0.2) is 0 Å². The van der Waals surface area contributed by atoms with Gasteiger partial charge in [0.2, 0.25) is 5.79 Å². The summed E-state index contributed by atoms with van der Waals surface area (Å²) in [6.45, 7) is 6.47. The largest absolute Gasteiger partial charge is 0.411 e. The van der Waals surface area contributed by atoms with Crippen molar-refractivity contribution in [2.24, 2.45) is 16.5 Å². The molecule has 0 amide bonds. The van der Waals surface area contributed by atoms with E-state index in [4.69, 9.17) is 26.3 Å². The van der Waals surface area contributed by atoms with Gasteiger partial charge < -0.3 is 14.7 Å². The van der Waals surface area contributed by atoms with E-state index < -0.39 is 5.79 Å². The number of oxime groups is 1. The number of nitrogens with zero attached hydrogens (tertiary/aromatic N) is 1. The smallest absolute Gasteiger partial charge is 0.228 e. The van der Waals surface area contributed by atoms with Crippen molar-refractivity contribution < 1.29 is 14.7 Å².